The van der Waals surface area contributed by atoms with Gasteiger partial charge in [0, 0.05) is 11.0 Å². The molecule has 1 atom stereocenters. The van der Waals surface area contributed by atoms with Crippen LogP contribution in [0.25, 0.3) is 0 Å². The minimum Gasteiger partial charge on any atom is -0.370 e. The van der Waals surface area contributed by atoms with Crippen molar-refractivity contribution < 1.29 is 4.74 Å². The molecule has 1 aliphatic rings. The molecule has 0 bridgehead atoms. The molecule has 0 aliphatic heterocycles. The summed E-state index contributed by atoms with van der Waals surface area (Å²) in [5.41, 5.74) is 1.18. The second-order valence-electron chi connectivity index (χ2n) is 4.81. The summed E-state index contributed by atoms with van der Waals surface area (Å²) < 4.78 is 7.11. The number of benzene rings is 1. The van der Waals surface area contributed by atoms with Crippen LogP contribution in [0, 0.1) is 5.92 Å². The van der Waals surface area contributed by atoms with Crippen LogP contribution in [0.15, 0.2) is 30.3 Å². The second kappa shape index (κ2) is 5.50. The number of hydrogen-bond acceptors (Lipinski definition) is 1. The first kappa shape index (κ1) is 12.4. The fraction of sp³-hybridized carbons (Fsp3) is 0.571. The Labute approximate surface area is 112 Å². The number of rotatable bonds is 6. The van der Waals surface area contributed by atoms with Gasteiger partial charge in [-0.1, -0.05) is 65.8 Å². The number of halogens is 1. The van der Waals surface area contributed by atoms with Crippen LogP contribution in [0.1, 0.15) is 31.7 Å². The Morgan fingerprint density at radius 3 is 2.56 bits per heavy atom. The molecule has 16 heavy (non-hydrogen) atoms. The molecule has 0 N–H and O–H groups in total. The zero-order chi connectivity index (χ0) is 11.4. The minimum atomic E-state index is -0.114. The SMILES string of the molecule is CC(CI)(OCCC1CC1)c1ccccc1. The van der Waals surface area contributed by atoms with E-state index in [1.54, 1.807) is 0 Å². The van der Waals surface area contributed by atoms with E-state index >= 15 is 0 Å². The Morgan fingerprint density at radius 1 is 1.31 bits per heavy atom. The quantitative estimate of drug-likeness (QED) is 0.562. The van der Waals surface area contributed by atoms with Crippen LogP contribution in [-0.2, 0) is 10.3 Å². The van der Waals surface area contributed by atoms with Crippen molar-refractivity contribution in [1.82, 2.24) is 0 Å². The fourth-order valence-corrected chi connectivity index (χ4v) is 2.51. The van der Waals surface area contributed by atoms with Crippen LogP contribution < -0.4 is 0 Å². The molecule has 2 heteroatoms. The molecule has 1 saturated carbocycles. The van der Waals surface area contributed by atoms with Gasteiger partial charge in [0.25, 0.3) is 0 Å². The van der Waals surface area contributed by atoms with Gasteiger partial charge in [0.1, 0.15) is 0 Å². The standard InChI is InChI=1S/C14H19IO/c1-14(11-15,13-5-3-2-4-6-13)16-10-9-12-7-8-12/h2-6,12H,7-11H2,1H3. The average Bonchev–Trinajstić information content (AvgIpc) is 3.14. The van der Waals surface area contributed by atoms with E-state index in [1.807, 2.05) is 0 Å². The van der Waals surface area contributed by atoms with Crippen LogP contribution in [0.4, 0.5) is 0 Å². The molecule has 0 aromatic heterocycles. The molecule has 88 valence electrons. The molecule has 0 spiro atoms. The normalized spacial score (nSPS) is 19.4. The van der Waals surface area contributed by atoms with Crippen molar-refractivity contribution in [2.24, 2.45) is 5.92 Å². The van der Waals surface area contributed by atoms with Crippen molar-refractivity contribution >= 4 is 22.6 Å². The van der Waals surface area contributed by atoms with Crippen LogP contribution in [0.2, 0.25) is 0 Å². The lowest BCUT2D eigenvalue weighted by Gasteiger charge is -2.28. The van der Waals surface area contributed by atoms with Crippen molar-refractivity contribution in [3.63, 3.8) is 0 Å². The molecule has 1 nitrogen and oxygen atoms in total. The van der Waals surface area contributed by atoms with Crippen LogP contribution in [-0.4, -0.2) is 11.0 Å². The Bertz CT molecular complexity index is 321. The molecular formula is C14H19IO. The summed E-state index contributed by atoms with van der Waals surface area (Å²) in [7, 11) is 0. The predicted molar refractivity (Wildman–Crippen MR) is 76.0 cm³/mol. The lowest BCUT2D eigenvalue weighted by Crippen LogP contribution is -2.28. The molecular weight excluding hydrogens is 311 g/mol. The van der Waals surface area contributed by atoms with E-state index in [9.17, 15) is 0 Å². The van der Waals surface area contributed by atoms with Gasteiger partial charge < -0.3 is 4.74 Å². The van der Waals surface area contributed by atoms with Crippen LogP contribution >= 0.6 is 22.6 Å². The van der Waals surface area contributed by atoms with Gasteiger partial charge in [0.15, 0.2) is 0 Å². The van der Waals surface area contributed by atoms with E-state index < -0.39 is 0 Å². The molecule has 1 fully saturated rings. The molecule has 0 radical (unpaired) electrons. The van der Waals surface area contributed by atoms with Gasteiger partial charge in [-0.2, -0.15) is 0 Å². The molecule has 0 heterocycles. The van der Waals surface area contributed by atoms with E-state index in [2.05, 4.69) is 59.8 Å². The molecule has 0 amide bonds. The van der Waals surface area contributed by atoms with Crippen molar-refractivity contribution in [1.29, 1.82) is 0 Å². The zero-order valence-electron chi connectivity index (χ0n) is 9.79. The maximum atomic E-state index is 6.11. The van der Waals surface area contributed by atoms with Gasteiger partial charge in [0.05, 0.1) is 5.60 Å². The van der Waals surface area contributed by atoms with E-state index in [-0.39, 0.29) is 5.60 Å². The summed E-state index contributed by atoms with van der Waals surface area (Å²) >= 11 is 2.42. The summed E-state index contributed by atoms with van der Waals surface area (Å²) in [6, 6.07) is 10.6. The maximum Gasteiger partial charge on any atom is 0.0992 e. The monoisotopic (exact) mass is 330 g/mol. The van der Waals surface area contributed by atoms with Gasteiger partial charge in [-0.05, 0) is 24.8 Å². The number of ether oxygens (including phenoxy) is 1. The Morgan fingerprint density at radius 2 is 2.00 bits per heavy atom. The zero-order valence-corrected chi connectivity index (χ0v) is 11.9. The molecule has 1 aromatic carbocycles. The van der Waals surface area contributed by atoms with Gasteiger partial charge in [-0.3, -0.25) is 0 Å². The third-order valence-electron chi connectivity index (χ3n) is 3.28. The van der Waals surface area contributed by atoms with Crippen molar-refractivity contribution in [3.05, 3.63) is 35.9 Å². The minimum absolute atomic E-state index is 0.114. The lowest BCUT2D eigenvalue weighted by atomic mass is 9.98. The number of hydrogen-bond donors (Lipinski definition) is 0. The van der Waals surface area contributed by atoms with E-state index in [0.717, 1.165) is 17.0 Å². The first-order valence-corrected chi connectivity index (χ1v) is 7.52. The number of alkyl halides is 1. The van der Waals surface area contributed by atoms with E-state index in [1.165, 1.54) is 24.8 Å². The topological polar surface area (TPSA) is 9.23 Å². The summed E-state index contributed by atoms with van der Waals surface area (Å²) in [6.45, 7) is 3.10. The van der Waals surface area contributed by atoms with E-state index in [0.29, 0.717) is 0 Å². The summed E-state index contributed by atoms with van der Waals surface area (Å²) in [4.78, 5) is 0. The predicted octanol–water partition coefficient (Wildman–Crippen LogP) is 4.15. The first-order chi connectivity index (χ1) is 7.74. The molecule has 2 rings (SSSR count). The van der Waals surface area contributed by atoms with Crippen LogP contribution in [0.3, 0.4) is 0 Å². The fourth-order valence-electron chi connectivity index (χ4n) is 1.85. The smallest absolute Gasteiger partial charge is 0.0992 e. The third kappa shape index (κ3) is 3.20. The van der Waals surface area contributed by atoms with Crippen molar-refractivity contribution in [2.45, 2.75) is 31.8 Å². The molecule has 1 aromatic rings. The average molecular weight is 330 g/mol. The maximum absolute atomic E-state index is 6.11. The Balaban J connectivity index is 1.94. The molecule has 1 aliphatic carbocycles. The summed E-state index contributed by atoms with van der Waals surface area (Å²) in [6.07, 6.45) is 4.06. The van der Waals surface area contributed by atoms with Crippen LogP contribution in [0.5, 0.6) is 0 Å². The van der Waals surface area contributed by atoms with E-state index in [4.69, 9.17) is 4.74 Å². The summed E-state index contributed by atoms with van der Waals surface area (Å²) in [5.74, 6) is 0.953. The third-order valence-corrected chi connectivity index (χ3v) is 4.74. The largest absolute Gasteiger partial charge is 0.370 e. The highest BCUT2D eigenvalue weighted by atomic mass is 127. The van der Waals surface area contributed by atoms with Crippen molar-refractivity contribution in [2.75, 3.05) is 11.0 Å². The van der Waals surface area contributed by atoms with Crippen molar-refractivity contribution in [3.8, 4) is 0 Å². The highest BCUT2D eigenvalue weighted by Crippen LogP contribution is 2.34. The Hall–Kier alpha value is -0.0900. The Kier molecular flexibility index (Phi) is 4.25. The summed E-state index contributed by atoms with van der Waals surface area (Å²) in [5, 5.41) is 0. The second-order valence-corrected chi connectivity index (χ2v) is 5.57. The molecule has 0 saturated heterocycles. The molecule has 1 unspecified atom stereocenters. The van der Waals surface area contributed by atoms with Gasteiger partial charge in [-0.15, -0.1) is 0 Å². The lowest BCUT2D eigenvalue weighted by molar-refractivity contribution is -0.0182. The van der Waals surface area contributed by atoms with Gasteiger partial charge in [-0.25, -0.2) is 0 Å². The van der Waals surface area contributed by atoms with Gasteiger partial charge >= 0.3 is 0 Å². The van der Waals surface area contributed by atoms with Gasteiger partial charge in [0.2, 0.25) is 0 Å². The highest BCUT2D eigenvalue weighted by molar-refractivity contribution is 14.1. The highest BCUT2D eigenvalue weighted by Gasteiger charge is 2.27. The first-order valence-electron chi connectivity index (χ1n) is 6.00.